The second-order valence-electron chi connectivity index (χ2n) is 8.11. The van der Waals surface area contributed by atoms with Gasteiger partial charge in [-0.05, 0) is 25.5 Å². The second kappa shape index (κ2) is 9.08. The summed E-state index contributed by atoms with van der Waals surface area (Å²) in [5.74, 6) is -6.14. The summed E-state index contributed by atoms with van der Waals surface area (Å²) in [5, 5.41) is 19.6. The lowest BCUT2D eigenvalue weighted by molar-refractivity contribution is -0.148. The minimum Gasteiger partial charge on any atom is -0.471 e. The van der Waals surface area contributed by atoms with Gasteiger partial charge in [0.25, 0.3) is 5.91 Å². The summed E-state index contributed by atoms with van der Waals surface area (Å²) >= 11 is 0. The van der Waals surface area contributed by atoms with Crippen LogP contribution in [0.1, 0.15) is 24.1 Å². The summed E-state index contributed by atoms with van der Waals surface area (Å²) in [6.07, 6.45) is 0.721. The van der Waals surface area contributed by atoms with E-state index in [9.17, 15) is 27.2 Å². The van der Waals surface area contributed by atoms with Crippen LogP contribution in [-0.2, 0) is 9.59 Å². The van der Waals surface area contributed by atoms with Gasteiger partial charge >= 0.3 is 12.3 Å². The summed E-state index contributed by atoms with van der Waals surface area (Å²) in [7, 11) is 0. The van der Waals surface area contributed by atoms with Gasteiger partial charge in [0.15, 0.2) is 6.61 Å². The number of hydrogen-bond donors (Lipinski definition) is 3. The first-order chi connectivity index (χ1) is 15.4. The molecular weight excluding hydrogens is 448 g/mol. The Balaban J connectivity index is 1.73. The smallest absolute Gasteiger partial charge is 0.340 e. The lowest BCUT2D eigenvalue weighted by atomic mass is 9.65. The van der Waals surface area contributed by atoms with Gasteiger partial charge in [0.05, 0.1) is 24.0 Å². The monoisotopic (exact) mass is 472 g/mol. The van der Waals surface area contributed by atoms with E-state index in [4.69, 9.17) is 15.3 Å². The van der Waals surface area contributed by atoms with E-state index < -0.39 is 42.2 Å². The quantitative estimate of drug-likeness (QED) is 0.273. The van der Waals surface area contributed by atoms with Crippen LogP contribution in [0, 0.1) is 23.7 Å². The van der Waals surface area contributed by atoms with Crippen LogP contribution in [-0.4, -0.2) is 71.2 Å². The molecule has 1 aromatic rings. The van der Waals surface area contributed by atoms with Crippen molar-refractivity contribution in [2.24, 2.45) is 11.3 Å². The molecule has 0 spiro atoms. The first-order valence-electron chi connectivity index (χ1n) is 10.2. The molecule has 2 aliphatic rings. The Morgan fingerprint density at radius 1 is 1.48 bits per heavy atom. The summed E-state index contributed by atoms with van der Waals surface area (Å²) in [4.78, 5) is 30.7. The molecule has 2 amide bonds. The number of alkyl halides is 4. The normalized spacial score (nSPS) is 22.7. The van der Waals surface area contributed by atoms with E-state index in [0.29, 0.717) is 11.1 Å². The minimum atomic E-state index is -4.31. The highest BCUT2D eigenvalue weighted by Crippen LogP contribution is 2.49. The van der Waals surface area contributed by atoms with E-state index >= 15 is 0 Å². The molecule has 3 atom stereocenters. The summed E-state index contributed by atoms with van der Waals surface area (Å²) in [6.45, 7) is 1.50. The number of carbonyl (C=O) groups excluding carboxylic acids is 2. The number of rotatable bonds is 10. The third kappa shape index (κ3) is 4.43. The lowest BCUT2D eigenvalue weighted by Gasteiger charge is -2.35. The molecule has 180 valence electrons. The molecule has 1 fully saturated rings. The predicted octanol–water partition coefficient (Wildman–Crippen LogP) is 1.87. The molecular formula is C21H24F4N4O4. The maximum atomic E-state index is 13.1. The van der Waals surface area contributed by atoms with Crippen molar-refractivity contribution in [3.63, 3.8) is 0 Å². The van der Waals surface area contributed by atoms with Gasteiger partial charge in [-0.2, -0.15) is 8.78 Å². The molecule has 3 unspecified atom stereocenters. The van der Waals surface area contributed by atoms with Gasteiger partial charge in [-0.25, -0.2) is 13.8 Å². The topological polar surface area (TPSA) is 116 Å². The molecule has 1 aliphatic heterocycles. The number of nitrogens with one attached hydrogen (secondary N) is 2. The van der Waals surface area contributed by atoms with Crippen molar-refractivity contribution in [1.82, 2.24) is 15.2 Å². The number of ether oxygens (including phenoxy) is 1. The van der Waals surface area contributed by atoms with Crippen molar-refractivity contribution in [3.8, 4) is 5.88 Å². The molecule has 12 heteroatoms. The first kappa shape index (κ1) is 24.6. The van der Waals surface area contributed by atoms with Gasteiger partial charge in [-0.1, -0.05) is 12.2 Å². The average Bonchev–Trinajstić information content (AvgIpc) is 2.94. The Labute approximate surface area is 187 Å². The fraction of sp³-hybridized carbons (Fsp3) is 0.524. The highest BCUT2D eigenvalue weighted by molar-refractivity contribution is 6.41. The number of likely N-dealkylation sites (tertiary alicyclic amines) is 1. The summed E-state index contributed by atoms with van der Waals surface area (Å²) in [6, 6.07) is 1.03. The highest BCUT2D eigenvalue weighted by Gasteiger charge is 2.59. The molecule has 0 aromatic carbocycles. The van der Waals surface area contributed by atoms with E-state index in [0.717, 1.165) is 0 Å². The number of aliphatic hydroxyl groups is 1. The maximum Gasteiger partial charge on any atom is 0.340 e. The third-order valence-electron chi connectivity index (χ3n) is 5.93. The van der Waals surface area contributed by atoms with Gasteiger partial charge in [-0.3, -0.25) is 15.0 Å². The molecule has 0 radical (unpaired) electrons. The number of aryl methyl sites for hydroxylation is 1. The molecule has 8 nitrogen and oxygen atoms in total. The fourth-order valence-corrected chi connectivity index (χ4v) is 3.90. The fourth-order valence-electron chi connectivity index (χ4n) is 3.90. The maximum absolute atomic E-state index is 13.1. The summed E-state index contributed by atoms with van der Waals surface area (Å²) in [5.41, 5.74) is -0.480. The lowest BCUT2D eigenvalue weighted by Crippen LogP contribution is -2.49. The number of carbonyl (C=O) groups is 2. The van der Waals surface area contributed by atoms with Crippen molar-refractivity contribution in [2.75, 3.05) is 26.3 Å². The number of pyridine rings is 1. The van der Waals surface area contributed by atoms with E-state index in [1.165, 1.54) is 18.0 Å². The molecule has 0 saturated carbocycles. The van der Waals surface area contributed by atoms with Crippen LogP contribution in [0.2, 0.25) is 0 Å². The number of fused-ring (bicyclic) bond motifs is 1. The summed E-state index contributed by atoms with van der Waals surface area (Å²) < 4.78 is 55.6. The van der Waals surface area contributed by atoms with Crippen molar-refractivity contribution >= 4 is 17.5 Å². The van der Waals surface area contributed by atoms with Crippen molar-refractivity contribution < 1.29 is 37.0 Å². The Morgan fingerprint density at radius 2 is 2.18 bits per heavy atom. The SMILES string of the molecule is Cc1cc(C(C)N2CC3(C(=N)C(=O)NCCO)C=CC3C2=O)cnc1OCC(F)(F)C(F)F. The second-order valence-corrected chi connectivity index (χ2v) is 8.11. The first-order valence-corrected chi connectivity index (χ1v) is 10.2. The van der Waals surface area contributed by atoms with E-state index in [2.05, 4.69) is 10.3 Å². The van der Waals surface area contributed by atoms with Crippen molar-refractivity contribution in [3.05, 3.63) is 35.5 Å². The zero-order valence-corrected chi connectivity index (χ0v) is 17.9. The van der Waals surface area contributed by atoms with E-state index in [1.54, 1.807) is 25.1 Å². The van der Waals surface area contributed by atoms with Crippen molar-refractivity contribution in [1.29, 1.82) is 5.41 Å². The Bertz CT molecular complexity index is 987. The highest BCUT2D eigenvalue weighted by atomic mass is 19.3. The molecule has 1 aromatic heterocycles. The Hall–Kier alpha value is -3.02. The number of hydrogen-bond acceptors (Lipinski definition) is 6. The van der Waals surface area contributed by atoms with Crippen LogP contribution < -0.4 is 10.1 Å². The van der Waals surface area contributed by atoms with Gasteiger partial charge in [-0.15, -0.1) is 0 Å². The number of halogens is 4. The predicted molar refractivity (Wildman–Crippen MR) is 108 cm³/mol. The van der Waals surface area contributed by atoms with Gasteiger partial charge in [0.1, 0.15) is 5.71 Å². The number of nitrogens with zero attached hydrogens (tertiary/aromatic N) is 2. The zero-order chi connectivity index (χ0) is 24.6. The van der Waals surface area contributed by atoms with E-state index in [1.807, 2.05) is 0 Å². The third-order valence-corrected chi connectivity index (χ3v) is 5.93. The van der Waals surface area contributed by atoms with Crippen LogP contribution in [0.4, 0.5) is 17.6 Å². The number of amides is 2. The van der Waals surface area contributed by atoms with E-state index in [-0.39, 0.29) is 37.2 Å². The van der Waals surface area contributed by atoms with Crippen molar-refractivity contribution in [2.45, 2.75) is 32.2 Å². The molecule has 3 rings (SSSR count). The number of aliphatic hydroxyl groups excluding tert-OH is 1. The molecule has 2 heterocycles. The molecule has 1 saturated heterocycles. The Kier molecular flexibility index (Phi) is 6.78. The van der Waals surface area contributed by atoms with Gasteiger partial charge in [0, 0.05) is 24.8 Å². The van der Waals surface area contributed by atoms with Crippen LogP contribution >= 0.6 is 0 Å². The van der Waals surface area contributed by atoms with Gasteiger partial charge in [0.2, 0.25) is 11.8 Å². The molecule has 33 heavy (non-hydrogen) atoms. The van der Waals surface area contributed by atoms with Gasteiger partial charge < -0.3 is 20.1 Å². The van der Waals surface area contributed by atoms with Crippen LogP contribution in [0.15, 0.2) is 24.4 Å². The largest absolute Gasteiger partial charge is 0.471 e. The molecule has 3 N–H and O–H groups in total. The Morgan fingerprint density at radius 3 is 2.73 bits per heavy atom. The van der Waals surface area contributed by atoms with Crippen LogP contribution in [0.25, 0.3) is 0 Å². The molecule has 1 aliphatic carbocycles. The van der Waals surface area contributed by atoms with Crippen LogP contribution in [0.5, 0.6) is 5.88 Å². The average molecular weight is 472 g/mol. The standard InChI is InChI=1S/C21H24F4N4O4/c1-11-7-13(8-28-17(11)33-10-21(24,25)19(22)23)12(2)29-9-20(4-3-14(20)18(29)32)15(26)16(31)27-5-6-30/h3-4,7-8,12,14,19,26,30H,5-6,9-10H2,1-2H3,(H,27,31). The zero-order valence-electron chi connectivity index (χ0n) is 17.9. The molecule has 0 bridgehead atoms. The van der Waals surface area contributed by atoms with Crippen LogP contribution in [0.3, 0.4) is 0 Å². The number of aromatic nitrogens is 1. The minimum absolute atomic E-state index is 0.0116.